The molecular formula is C13H10BrF3N2O. The van der Waals surface area contributed by atoms with Gasteiger partial charge in [0.2, 0.25) is 0 Å². The SMILES string of the molecule is N[C@H](c1ccc(OC(F)(F)F)cc1)c1cncc(Br)c1. The van der Waals surface area contributed by atoms with Crippen molar-refractivity contribution in [1.29, 1.82) is 0 Å². The molecule has 0 bridgehead atoms. The average molecular weight is 347 g/mol. The lowest BCUT2D eigenvalue weighted by Gasteiger charge is -2.14. The van der Waals surface area contributed by atoms with Gasteiger partial charge in [-0.05, 0) is 45.3 Å². The first kappa shape index (κ1) is 14.8. The molecule has 3 nitrogen and oxygen atoms in total. The topological polar surface area (TPSA) is 48.1 Å². The summed E-state index contributed by atoms with van der Waals surface area (Å²) in [6.07, 6.45) is -1.47. The number of hydrogen-bond acceptors (Lipinski definition) is 3. The third kappa shape index (κ3) is 3.94. The van der Waals surface area contributed by atoms with Crippen LogP contribution in [-0.2, 0) is 0 Å². The van der Waals surface area contributed by atoms with Gasteiger partial charge in [-0.1, -0.05) is 12.1 Å². The molecule has 2 aromatic rings. The van der Waals surface area contributed by atoms with E-state index in [2.05, 4.69) is 25.7 Å². The highest BCUT2D eigenvalue weighted by Crippen LogP contribution is 2.26. The van der Waals surface area contributed by atoms with Gasteiger partial charge in [-0.25, -0.2) is 0 Å². The van der Waals surface area contributed by atoms with Crippen LogP contribution in [0.1, 0.15) is 17.2 Å². The van der Waals surface area contributed by atoms with Crippen LogP contribution in [0.5, 0.6) is 5.75 Å². The first-order valence-electron chi connectivity index (χ1n) is 5.57. The van der Waals surface area contributed by atoms with Gasteiger partial charge in [0.25, 0.3) is 0 Å². The Morgan fingerprint density at radius 3 is 2.30 bits per heavy atom. The second kappa shape index (κ2) is 5.80. The molecule has 0 radical (unpaired) electrons. The van der Waals surface area contributed by atoms with Gasteiger partial charge >= 0.3 is 6.36 Å². The minimum absolute atomic E-state index is 0.277. The zero-order valence-corrected chi connectivity index (χ0v) is 11.6. The van der Waals surface area contributed by atoms with Crippen LogP contribution in [-0.4, -0.2) is 11.3 Å². The summed E-state index contributed by atoms with van der Waals surface area (Å²) in [5, 5.41) is 0. The Hall–Kier alpha value is -1.60. The quantitative estimate of drug-likeness (QED) is 0.919. The maximum atomic E-state index is 12.0. The molecule has 2 N–H and O–H groups in total. The third-order valence-electron chi connectivity index (χ3n) is 2.56. The van der Waals surface area contributed by atoms with Gasteiger partial charge in [-0.3, -0.25) is 4.98 Å². The highest BCUT2D eigenvalue weighted by atomic mass is 79.9. The predicted octanol–water partition coefficient (Wildman–Crippen LogP) is 3.79. The van der Waals surface area contributed by atoms with Crippen molar-refractivity contribution in [1.82, 2.24) is 4.98 Å². The molecule has 7 heteroatoms. The molecule has 0 aliphatic heterocycles. The van der Waals surface area contributed by atoms with Gasteiger partial charge in [-0.2, -0.15) is 0 Å². The number of benzene rings is 1. The summed E-state index contributed by atoms with van der Waals surface area (Å²) in [5.41, 5.74) is 7.46. The lowest BCUT2D eigenvalue weighted by atomic mass is 10.0. The van der Waals surface area contributed by atoms with Crippen LogP contribution in [0.25, 0.3) is 0 Å². The zero-order valence-electron chi connectivity index (χ0n) is 10.1. The number of pyridine rings is 1. The summed E-state index contributed by atoms with van der Waals surface area (Å²) in [4.78, 5) is 4.00. The Labute approximate surface area is 121 Å². The predicted molar refractivity (Wildman–Crippen MR) is 71.1 cm³/mol. The van der Waals surface area contributed by atoms with E-state index in [0.29, 0.717) is 5.56 Å². The number of hydrogen-bond donors (Lipinski definition) is 1. The first-order valence-corrected chi connectivity index (χ1v) is 6.36. The van der Waals surface area contributed by atoms with E-state index in [0.717, 1.165) is 10.0 Å². The van der Waals surface area contributed by atoms with Crippen LogP contribution in [0, 0.1) is 0 Å². The van der Waals surface area contributed by atoms with E-state index in [4.69, 9.17) is 5.73 Å². The van der Waals surface area contributed by atoms with Gasteiger partial charge in [-0.15, -0.1) is 13.2 Å². The molecule has 0 amide bonds. The molecule has 0 fully saturated rings. The van der Waals surface area contributed by atoms with Gasteiger partial charge in [0.15, 0.2) is 0 Å². The fourth-order valence-electron chi connectivity index (χ4n) is 1.67. The van der Waals surface area contributed by atoms with Crippen LogP contribution in [0.15, 0.2) is 47.2 Å². The summed E-state index contributed by atoms with van der Waals surface area (Å²) < 4.78 is 40.7. The molecule has 0 saturated heterocycles. The minimum Gasteiger partial charge on any atom is -0.406 e. The molecule has 0 aliphatic carbocycles. The highest BCUT2D eigenvalue weighted by Gasteiger charge is 2.31. The molecule has 1 atom stereocenters. The molecule has 2 rings (SSSR count). The summed E-state index contributed by atoms with van der Waals surface area (Å²) in [6, 6.07) is 6.78. The Morgan fingerprint density at radius 1 is 1.10 bits per heavy atom. The summed E-state index contributed by atoms with van der Waals surface area (Å²) in [5.74, 6) is -0.277. The first-order chi connectivity index (χ1) is 9.35. The van der Waals surface area contributed by atoms with Crippen LogP contribution >= 0.6 is 15.9 Å². The van der Waals surface area contributed by atoms with E-state index >= 15 is 0 Å². The molecule has 1 aromatic carbocycles. The second-order valence-electron chi connectivity index (χ2n) is 4.03. The van der Waals surface area contributed by atoms with E-state index in [9.17, 15) is 13.2 Å². The molecule has 1 heterocycles. The lowest BCUT2D eigenvalue weighted by molar-refractivity contribution is -0.274. The van der Waals surface area contributed by atoms with Crippen molar-refractivity contribution in [3.8, 4) is 5.75 Å². The van der Waals surface area contributed by atoms with Gasteiger partial charge in [0.05, 0.1) is 6.04 Å². The summed E-state index contributed by atoms with van der Waals surface area (Å²) in [6.45, 7) is 0. The summed E-state index contributed by atoms with van der Waals surface area (Å²) >= 11 is 3.28. The average Bonchev–Trinajstić information content (AvgIpc) is 2.37. The number of alkyl halides is 3. The monoisotopic (exact) mass is 346 g/mol. The van der Waals surface area contributed by atoms with Crippen molar-refractivity contribution in [2.75, 3.05) is 0 Å². The fraction of sp³-hybridized carbons (Fsp3) is 0.154. The molecule has 0 aliphatic rings. The molecule has 0 spiro atoms. The van der Waals surface area contributed by atoms with E-state index in [1.54, 1.807) is 18.5 Å². The largest absolute Gasteiger partial charge is 0.573 e. The molecule has 1 aromatic heterocycles. The van der Waals surface area contributed by atoms with Gasteiger partial charge in [0.1, 0.15) is 5.75 Å². The molecular weight excluding hydrogens is 337 g/mol. The number of ether oxygens (including phenoxy) is 1. The van der Waals surface area contributed by atoms with Gasteiger partial charge in [0, 0.05) is 16.9 Å². The van der Waals surface area contributed by atoms with E-state index in [-0.39, 0.29) is 5.75 Å². The number of nitrogens with two attached hydrogens (primary N) is 1. The third-order valence-corrected chi connectivity index (χ3v) is 2.99. The van der Waals surface area contributed by atoms with Crippen molar-refractivity contribution in [2.24, 2.45) is 5.73 Å². The molecule has 20 heavy (non-hydrogen) atoms. The van der Waals surface area contributed by atoms with E-state index in [1.165, 1.54) is 24.3 Å². The van der Waals surface area contributed by atoms with Crippen molar-refractivity contribution >= 4 is 15.9 Å². The van der Waals surface area contributed by atoms with E-state index in [1.807, 2.05) is 0 Å². The van der Waals surface area contributed by atoms with Crippen molar-refractivity contribution < 1.29 is 17.9 Å². The second-order valence-corrected chi connectivity index (χ2v) is 4.95. The van der Waals surface area contributed by atoms with Gasteiger partial charge < -0.3 is 10.5 Å². The number of nitrogens with zero attached hydrogens (tertiary/aromatic N) is 1. The highest BCUT2D eigenvalue weighted by molar-refractivity contribution is 9.10. The van der Waals surface area contributed by atoms with Crippen molar-refractivity contribution in [3.63, 3.8) is 0 Å². The minimum atomic E-state index is -4.70. The Kier molecular flexibility index (Phi) is 4.29. The van der Waals surface area contributed by atoms with E-state index < -0.39 is 12.4 Å². The van der Waals surface area contributed by atoms with Crippen LogP contribution in [0.2, 0.25) is 0 Å². The molecule has 106 valence electrons. The Bertz CT molecular complexity index is 587. The number of halogens is 4. The van der Waals surface area contributed by atoms with Crippen molar-refractivity contribution in [2.45, 2.75) is 12.4 Å². The summed E-state index contributed by atoms with van der Waals surface area (Å²) in [7, 11) is 0. The van der Waals surface area contributed by atoms with Crippen molar-refractivity contribution in [3.05, 3.63) is 58.3 Å². The fourth-order valence-corrected chi connectivity index (χ4v) is 2.05. The standard InChI is InChI=1S/C13H10BrF3N2O/c14-10-5-9(6-19-7-10)12(18)8-1-3-11(4-2-8)20-13(15,16)17/h1-7,12H,18H2/t12-/m1/s1. The zero-order chi connectivity index (χ0) is 14.8. The lowest BCUT2D eigenvalue weighted by Crippen LogP contribution is -2.17. The maximum Gasteiger partial charge on any atom is 0.573 e. The normalized spacial score (nSPS) is 13.1. The molecule has 0 saturated carbocycles. The maximum absolute atomic E-state index is 12.0. The number of rotatable bonds is 3. The Balaban J connectivity index is 2.17. The van der Waals surface area contributed by atoms with Crippen LogP contribution in [0.3, 0.4) is 0 Å². The number of aromatic nitrogens is 1. The molecule has 0 unspecified atom stereocenters. The Morgan fingerprint density at radius 2 is 1.75 bits per heavy atom. The smallest absolute Gasteiger partial charge is 0.406 e. The van der Waals surface area contributed by atoms with Crippen LogP contribution in [0.4, 0.5) is 13.2 Å². The van der Waals surface area contributed by atoms with Crippen LogP contribution < -0.4 is 10.5 Å².